The van der Waals surface area contributed by atoms with E-state index < -0.39 is 0 Å². The summed E-state index contributed by atoms with van der Waals surface area (Å²) in [7, 11) is 1.68. The average Bonchev–Trinajstić information content (AvgIpc) is 3.17. The fourth-order valence-corrected chi connectivity index (χ4v) is 8.08. The highest BCUT2D eigenvalue weighted by molar-refractivity contribution is 5.81. The number of nitrogens with zero attached hydrogens (tertiary/aromatic N) is 2. The van der Waals surface area contributed by atoms with Crippen LogP contribution in [0.1, 0.15) is 101 Å². The zero-order valence-corrected chi connectivity index (χ0v) is 23.8. The van der Waals surface area contributed by atoms with Gasteiger partial charge in [-0.1, -0.05) is 69.5 Å². The van der Waals surface area contributed by atoms with Gasteiger partial charge in [0, 0.05) is 36.5 Å². The third-order valence-electron chi connectivity index (χ3n) is 10.1. The van der Waals surface area contributed by atoms with Crippen LogP contribution in [0.2, 0.25) is 0 Å². The van der Waals surface area contributed by atoms with E-state index in [-0.39, 0.29) is 11.3 Å². The van der Waals surface area contributed by atoms with E-state index in [0.29, 0.717) is 29.7 Å². The molecule has 38 heavy (non-hydrogen) atoms. The maximum absolute atomic E-state index is 14.8. The minimum Gasteiger partial charge on any atom is -0.481 e. The Balaban J connectivity index is 1.48. The van der Waals surface area contributed by atoms with E-state index in [1.165, 1.54) is 43.2 Å². The second-order valence-electron chi connectivity index (χ2n) is 11.9. The van der Waals surface area contributed by atoms with Gasteiger partial charge < -0.3 is 15.0 Å². The standard InChI is InChI=1S/C33H47N3O2/c1-4-27(33(5-2)19-20-34-23-29-28(33)16-17-31(35-29)38-3)32(37)36-21-18-26(24-12-8-6-9-13-24)22-30(36)25-14-10-7-11-15-25/h6,8-9,12-13,16-17,25-27,30,34H,4-5,7,10-11,14-15,18-23H2,1-3H3/t26-,27+,30+,33+/m1/s1. The predicted octanol–water partition coefficient (Wildman–Crippen LogP) is 6.61. The Kier molecular flexibility index (Phi) is 8.72. The monoisotopic (exact) mass is 517 g/mol. The van der Waals surface area contributed by atoms with Crippen LogP contribution in [0.25, 0.3) is 0 Å². The molecule has 206 valence electrons. The maximum Gasteiger partial charge on any atom is 0.226 e. The van der Waals surface area contributed by atoms with Crippen LogP contribution in [-0.4, -0.2) is 42.0 Å². The molecule has 1 saturated heterocycles. The van der Waals surface area contributed by atoms with Crippen LogP contribution in [0.4, 0.5) is 0 Å². The Morgan fingerprint density at radius 2 is 1.89 bits per heavy atom. The normalized spacial score (nSPS) is 27.3. The quantitative estimate of drug-likeness (QED) is 0.449. The van der Waals surface area contributed by atoms with E-state index in [4.69, 9.17) is 9.72 Å². The molecule has 2 fully saturated rings. The third-order valence-corrected chi connectivity index (χ3v) is 10.1. The molecule has 2 aromatic rings. The molecule has 1 N–H and O–H groups in total. The molecule has 0 unspecified atom stereocenters. The summed E-state index contributed by atoms with van der Waals surface area (Å²) in [4.78, 5) is 22.0. The summed E-state index contributed by atoms with van der Waals surface area (Å²) in [5, 5.41) is 3.58. The van der Waals surface area contributed by atoms with E-state index in [1.54, 1.807) is 7.11 Å². The first-order chi connectivity index (χ1) is 18.6. The number of rotatable bonds is 7. The van der Waals surface area contributed by atoms with Crippen molar-refractivity contribution in [2.45, 2.75) is 102 Å². The number of carbonyl (C=O) groups excluding carboxylic acids is 1. The van der Waals surface area contributed by atoms with Crippen molar-refractivity contribution in [3.05, 3.63) is 59.3 Å². The van der Waals surface area contributed by atoms with Crippen LogP contribution in [0.3, 0.4) is 0 Å². The number of amides is 1. The van der Waals surface area contributed by atoms with Gasteiger partial charge in [0.15, 0.2) is 0 Å². The molecule has 1 amide bonds. The van der Waals surface area contributed by atoms with Crippen molar-refractivity contribution in [2.24, 2.45) is 11.8 Å². The Hall–Kier alpha value is -2.40. The largest absolute Gasteiger partial charge is 0.481 e. The highest BCUT2D eigenvalue weighted by Gasteiger charge is 2.48. The SMILES string of the molecule is CC[C@@H](C(=O)N1CC[C@@H](c2ccccc2)C[C@H]1C1CCCCC1)[C@]1(CC)CCNCc2nc(OC)ccc21. The molecule has 2 aliphatic heterocycles. The highest BCUT2D eigenvalue weighted by Crippen LogP contribution is 2.46. The summed E-state index contributed by atoms with van der Waals surface area (Å²) >= 11 is 0. The topological polar surface area (TPSA) is 54.5 Å². The maximum atomic E-state index is 14.8. The van der Waals surface area contributed by atoms with E-state index in [0.717, 1.165) is 57.4 Å². The zero-order chi connectivity index (χ0) is 26.5. The molecule has 5 nitrogen and oxygen atoms in total. The van der Waals surface area contributed by atoms with Crippen molar-refractivity contribution in [1.29, 1.82) is 0 Å². The Morgan fingerprint density at radius 3 is 2.61 bits per heavy atom. The van der Waals surface area contributed by atoms with Crippen molar-refractivity contribution in [3.63, 3.8) is 0 Å². The van der Waals surface area contributed by atoms with Gasteiger partial charge >= 0.3 is 0 Å². The van der Waals surface area contributed by atoms with Gasteiger partial charge in [0.2, 0.25) is 11.8 Å². The van der Waals surface area contributed by atoms with Crippen molar-refractivity contribution in [2.75, 3.05) is 20.2 Å². The second-order valence-corrected chi connectivity index (χ2v) is 11.9. The number of nitrogens with one attached hydrogen (secondary N) is 1. The number of likely N-dealkylation sites (tertiary alicyclic amines) is 1. The van der Waals surface area contributed by atoms with Crippen LogP contribution in [0.5, 0.6) is 5.88 Å². The lowest BCUT2D eigenvalue weighted by atomic mass is 9.64. The number of hydrogen-bond acceptors (Lipinski definition) is 4. The lowest BCUT2D eigenvalue weighted by molar-refractivity contribution is -0.144. The fourth-order valence-electron chi connectivity index (χ4n) is 8.08. The summed E-state index contributed by atoms with van der Waals surface area (Å²) in [6.45, 7) is 7.00. The molecular formula is C33H47N3O2. The van der Waals surface area contributed by atoms with Gasteiger partial charge in [-0.15, -0.1) is 0 Å². The van der Waals surface area contributed by atoms with Crippen LogP contribution in [0, 0.1) is 11.8 Å². The second kappa shape index (κ2) is 12.2. The summed E-state index contributed by atoms with van der Waals surface area (Å²) in [5.74, 6) is 2.17. The number of hydrogen-bond donors (Lipinski definition) is 1. The molecule has 5 heteroatoms. The molecule has 5 rings (SSSR count). The Labute approximate surface area is 229 Å². The highest BCUT2D eigenvalue weighted by atomic mass is 16.5. The number of piperidine rings is 1. The van der Waals surface area contributed by atoms with E-state index in [2.05, 4.69) is 60.5 Å². The summed E-state index contributed by atoms with van der Waals surface area (Å²) in [6.07, 6.45) is 11.4. The predicted molar refractivity (Wildman–Crippen MR) is 153 cm³/mol. The summed E-state index contributed by atoms with van der Waals surface area (Å²) in [6, 6.07) is 15.6. The molecule has 3 heterocycles. The van der Waals surface area contributed by atoms with Crippen molar-refractivity contribution >= 4 is 5.91 Å². The number of carbonyl (C=O) groups is 1. The Bertz CT molecular complexity index is 1070. The molecule has 4 atom stereocenters. The Morgan fingerprint density at radius 1 is 1.11 bits per heavy atom. The molecule has 0 bridgehead atoms. The molecule has 1 aromatic heterocycles. The zero-order valence-electron chi connectivity index (χ0n) is 23.8. The number of ether oxygens (including phenoxy) is 1. The van der Waals surface area contributed by atoms with Crippen molar-refractivity contribution < 1.29 is 9.53 Å². The van der Waals surface area contributed by atoms with Crippen LogP contribution < -0.4 is 10.1 Å². The number of fused-ring (bicyclic) bond motifs is 1. The first-order valence-electron chi connectivity index (χ1n) is 15.2. The fraction of sp³-hybridized carbons (Fsp3) is 0.636. The first kappa shape index (κ1) is 27.2. The smallest absolute Gasteiger partial charge is 0.226 e. The number of benzene rings is 1. The van der Waals surface area contributed by atoms with E-state index in [9.17, 15) is 4.79 Å². The average molecular weight is 518 g/mol. The number of aromatic nitrogens is 1. The van der Waals surface area contributed by atoms with E-state index >= 15 is 0 Å². The van der Waals surface area contributed by atoms with Crippen molar-refractivity contribution in [3.8, 4) is 5.88 Å². The first-order valence-corrected chi connectivity index (χ1v) is 15.2. The van der Waals surface area contributed by atoms with Crippen LogP contribution in [0.15, 0.2) is 42.5 Å². The molecule has 0 radical (unpaired) electrons. The molecule has 3 aliphatic rings. The minimum atomic E-state index is -0.211. The van der Waals surface area contributed by atoms with Gasteiger partial charge in [0.25, 0.3) is 0 Å². The third kappa shape index (κ3) is 5.23. The number of methoxy groups -OCH3 is 1. The summed E-state index contributed by atoms with van der Waals surface area (Å²) < 4.78 is 5.47. The molecule has 1 aromatic carbocycles. The lowest BCUT2D eigenvalue weighted by Gasteiger charge is -2.48. The minimum absolute atomic E-state index is 0.0410. The molecule has 1 saturated carbocycles. The van der Waals surface area contributed by atoms with Gasteiger partial charge in [0.1, 0.15) is 0 Å². The summed E-state index contributed by atoms with van der Waals surface area (Å²) in [5.41, 5.74) is 3.53. The van der Waals surface area contributed by atoms with E-state index in [1.807, 2.05) is 6.07 Å². The van der Waals surface area contributed by atoms with Crippen LogP contribution >= 0.6 is 0 Å². The molecule has 1 aliphatic carbocycles. The number of pyridine rings is 1. The molecular weight excluding hydrogens is 470 g/mol. The van der Waals surface area contributed by atoms with Gasteiger partial charge in [0.05, 0.1) is 12.8 Å². The van der Waals surface area contributed by atoms with Gasteiger partial charge in [-0.3, -0.25) is 4.79 Å². The van der Waals surface area contributed by atoms with Gasteiger partial charge in [-0.25, -0.2) is 4.98 Å². The lowest BCUT2D eigenvalue weighted by Crippen LogP contribution is -2.55. The molecule has 0 spiro atoms. The van der Waals surface area contributed by atoms with Gasteiger partial charge in [-0.05, 0) is 74.5 Å². The van der Waals surface area contributed by atoms with Crippen LogP contribution in [-0.2, 0) is 16.8 Å². The van der Waals surface area contributed by atoms with Crippen molar-refractivity contribution in [1.82, 2.24) is 15.2 Å². The van der Waals surface area contributed by atoms with Gasteiger partial charge in [-0.2, -0.15) is 0 Å².